The van der Waals surface area contributed by atoms with Gasteiger partial charge < -0.3 is 14.0 Å². The van der Waals surface area contributed by atoms with Crippen molar-refractivity contribution in [1.29, 1.82) is 0 Å². The van der Waals surface area contributed by atoms with Crippen LogP contribution in [0.4, 0.5) is 0 Å². The molecule has 6 nitrogen and oxygen atoms in total. The molecule has 1 amide bonds. The Balaban J connectivity index is 1.77. The van der Waals surface area contributed by atoms with Crippen LogP contribution in [0.3, 0.4) is 0 Å². The number of hydrogen-bond donors (Lipinski definition) is 0. The van der Waals surface area contributed by atoms with E-state index < -0.39 is 0 Å². The lowest BCUT2D eigenvalue weighted by molar-refractivity contribution is 0.0991. The molecule has 3 aromatic rings. The quantitative estimate of drug-likeness (QED) is 0.595. The minimum absolute atomic E-state index is 0.0344. The molecule has 0 atom stereocenters. The molecule has 1 aliphatic heterocycles. The molecule has 0 saturated carbocycles. The molecule has 2 aromatic carbocycles. The summed E-state index contributed by atoms with van der Waals surface area (Å²) in [4.78, 5) is 29.1. The number of Topliss-reactive ketones (excluding diaryl/α,β-unsaturated/α-hetero) is 1. The van der Waals surface area contributed by atoms with E-state index in [2.05, 4.69) is 4.99 Å². The summed E-state index contributed by atoms with van der Waals surface area (Å²) in [7, 11) is 0. The summed E-state index contributed by atoms with van der Waals surface area (Å²) in [6.45, 7) is 2.46. The highest BCUT2D eigenvalue weighted by atomic mass is 32.2. The standard InChI is InChI=1S/C20H18N2O4S2/c1-12(23)13-3-5-14(6-4-13)19(24)21-20-22(7-8-27-2)15-9-16-17(26-11-25-16)10-18(15)28-20/h3-6,9-10H,7-8,11H2,1-2H3. The lowest BCUT2D eigenvalue weighted by atomic mass is 10.1. The first-order valence-electron chi connectivity index (χ1n) is 8.69. The third-order valence-electron chi connectivity index (χ3n) is 4.43. The lowest BCUT2D eigenvalue weighted by Gasteiger charge is -2.04. The van der Waals surface area contributed by atoms with E-state index in [-0.39, 0.29) is 18.5 Å². The van der Waals surface area contributed by atoms with E-state index in [9.17, 15) is 9.59 Å². The fourth-order valence-electron chi connectivity index (χ4n) is 2.94. The van der Waals surface area contributed by atoms with Gasteiger partial charge >= 0.3 is 0 Å². The molecule has 0 radical (unpaired) electrons. The summed E-state index contributed by atoms with van der Waals surface area (Å²) in [5, 5.41) is 0. The van der Waals surface area contributed by atoms with Crippen LogP contribution in [0.5, 0.6) is 11.5 Å². The summed E-state index contributed by atoms with van der Waals surface area (Å²) in [5.41, 5.74) is 2.00. The van der Waals surface area contributed by atoms with Crippen LogP contribution in [-0.4, -0.2) is 35.1 Å². The Kier molecular flexibility index (Phi) is 5.23. The van der Waals surface area contributed by atoms with Crippen molar-refractivity contribution in [3.05, 3.63) is 52.3 Å². The number of nitrogens with zero attached hydrogens (tertiary/aromatic N) is 2. The first kappa shape index (κ1) is 18.8. The van der Waals surface area contributed by atoms with Crippen molar-refractivity contribution in [2.24, 2.45) is 4.99 Å². The number of thioether (sulfide) groups is 1. The highest BCUT2D eigenvalue weighted by Crippen LogP contribution is 2.37. The van der Waals surface area contributed by atoms with Gasteiger partial charge in [0.05, 0.1) is 10.2 Å². The van der Waals surface area contributed by atoms with Crippen LogP contribution in [0.2, 0.25) is 0 Å². The zero-order valence-electron chi connectivity index (χ0n) is 15.4. The van der Waals surface area contributed by atoms with E-state index in [0.29, 0.717) is 27.4 Å². The van der Waals surface area contributed by atoms with E-state index in [4.69, 9.17) is 9.47 Å². The number of ether oxygens (including phenoxy) is 2. The summed E-state index contributed by atoms with van der Waals surface area (Å²) in [6.07, 6.45) is 2.04. The number of carbonyl (C=O) groups is 2. The van der Waals surface area contributed by atoms with Gasteiger partial charge in [0.2, 0.25) is 6.79 Å². The maximum absolute atomic E-state index is 12.7. The molecule has 0 N–H and O–H groups in total. The van der Waals surface area contributed by atoms with E-state index in [1.54, 1.807) is 36.0 Å². The molecule has 8 heteroatoms. The molecule has 0 spiro atoms. The number of fused-ring (bicyclic) bond motifs is 2. The van der Waals surface area contributed by atoms with Crippen LogP contribution in [-0.2, 0) is 6.54 Å². The Morgan fingerprint density at radius 1 is 1.14 bits per heavy atom. The Morgan fingerprint density at radius 2 is 1.82 bits per heavy atom. The first-order chi connectivity index (χ1) is 13.6. The summed E-state index contributed by atoms with van der Waals surface area (Å²) >= 11 is 3.18. The number of rotatable bonds is 5. The van der Waals surface area contributed by atoms with Crippen molar-refractivity contribution >= 4 is 45.0 Å². The maximum Gasteiger partial charge on any atom is 0.279 e. The third kappa shape index (κ3) is 3.57. The average molecular weight is 415 g/mol. The molecule has 28 heavy (non-hydrogen) atoms. The van der Waals surface area contributed by atoms with Gasteiger partial charge in [0, 0.05) is 35.6 Å². The predicted molar refractivity (Wildman–Crippen MR) is 111 cm³/mol. The number of ketones is 1. The molecule has 0 saturated heterocycles. The molecule has 2 heterocycles. The summed E-state index contributed by atoms with van der Waals surface area (Å²) in [5.74, 6) is 1.95. The number of aryl methyl sites for hydroxylation is 1. The minimum Gasteiger partial charge on any atom is -0.454 e. The van der Waals surface area contributed by atoms with Crippen LogP contribution >= 0.6 is 23.1 Å². The SMILES string of the molecule is CSCCn1c(=NC(=O)c2ccc(C(C)=O)cc2)sc2cc3c(cc21)OCO3. The normalized spacial score (nSPS) is 13.3. The number of hydrogen-bond acceptors (Lipinski definition) is 6. The number of amides is 1. The molecule has 1 aromatic heterocycles. The van der Waals surface area contributed by atoms with Gasteiger partial charge in [-0.2, -0.15) is 16.8 Å². The van der Waals surface area contributed by atoms with Gasteiger partial charge in [0.25, 0.3) is 5.91 Å². The van der Waals surface area contributed by atoms with Crippen LogP contribution < -0.4 is 14.3 Å². The van der Waals surface area contributed by atoms with Gasteiger partial charge in [-0.25, -0.2) is 0 Å². The molecule has 144 valence electrons. The maximum atomic E-state index is 12.7. The molecular weight excluding hydrogens is 396 g/mol. The Morgan fingerprint density at radius 3 is 2.50 bits per heavy atom. The number of thiazole rings is 1. The number of benzene rings is 2. The van der Waals surface area contributed by atoms with Gasteiger partial charge in [0.15, 0.2) is 22.1 Å². The van der Waals surface area contributed by atoms with Crippen molar-refractivity contribution in [3.8, 4) is 11.5 Å². The van der Waals surface area contributed by atoms with Crippen molar-refractivity contribution in [3.63, 3.8) is 0 Å². The zero-order chi connectivity index (χ0) is 19.7. The van der Waals surface area contributed by atoms with E-state index >= 15 is 0 Å². The Bertz CT molecular complexity index is 1130. The molecule has 0 fully saturated rings. The first-order valence-corrected chi connectivity index (χ1v) is 10.9. The second-order valence-corrected chi connectivity index (χ2v) is 8.25. The highest BCUT2D eigenvalue weighted by Gasteiger charge is 2.18. The van der Waals surface area contributed by atoms with Gasteiger partial charge in [-0.3, -0.25) is 9.59 Å². The van der Waals surface area contributed by atoms with E-state index in [0.717, 1.165) is 22.5 Å². The fourth-order valence-corrected chi connectivity index (χ4v) is 4.37. The van der Waals surface area contributed by atoms with Gasteiger partial charge in [-0.05, 0) is 25.3 Å². The molecular formula is C20H18N2O4S2. The third-order valence-corrected chi connectivity index (χ3v) is 6.06. The van der Waals surface area contributed by atoms with Gasteiger partial charge in [0.1, 0.15) is 0 Å². The minimum atomic E-state index is -0.334. The Hall–Kier alpha value is -2.58. The van der Waals surface area contributed by atoms with E-state index in [1.807, 2.05) is 23.0 Å². The predicted octanol–water partition coefficient (Wildman–Crippen LogP) is 3.74. The van der Waals surface area contributed by atoms with Crippen molar-refractivity contribution in [2.75, 3.05) is 18.8 Å². The number of aromatic nitrogens is 1. The average Bonchev–Trinajstić information content (AvgIpc) is 3.28. The van der Waals surface area contributed by atoms with Crippen molar-refractivity contribution in [2.45, 2.75) is 13.5 Å². The largest absolute Gasteiger partial charge is 0.454 e. The van der Waals surface area contributed by atoms with Crippen LogP contribution in [0, 0.1) is 0 Å². The highest BCUT2D eigenvalue weighted by molar-refractivity contribution is 7.98. The molecule has 1 aliphatic rings. The van der Waals surface area contributed by atoms with E-state index in [1.165, 1.54) is 18.3 Å². The lowest BCUT2D eigenvalue weighted by Crippen LogP contribution is -2.18. The van der Waals surface area contributed by atoms with Crippen LogP contribution in [0.1, 0.15) is 27.6 Å². The Labute approximate surface area is 169 Å². The second-order valence-electron chi connectivity index (χ2n) is 6.25. The molecule has 0 aliphatic carbocycles. The van der Waals surface area contributed by atoms with Crippen molar-refractivity contribution in [1.82, 2.24) is 4.57 Å². The zero-order valence-corrected chi connectivity index (χ0v) is 17.1. The van der Waals surface area contributed by atoms with Crippen LogP contribution in [0.25, 0.3) is 10.2 Å². The second kappa shape index (κ2) is 7.81. The van der Waals surface area contributed by atoms with Gasteiger partial charge in [-0.1, -0.05) is 23.5 Å². The van der Waals surface area contributed by atoms with Crippen molar-refractivity contribution < 1.29 is 19.1 Å². The molecule has 4 rings (SSSR count). The monoisotopic (exact) mass is 414 g/mol. The smallest absolute Gasteiger partial charge is 0.279 e. The fraction of sp³-hybridized carbons (Fsp3) is 0.250. The van der Waals surface area contributed by atoms with Gasteiger partial charge in [-0.15, -0.1) is 0 Å². The van der Waals surface area contributed by atoms with Crippen LogP contribution in [0.15, 0.2) is 41.4 Å². The number of carbonyl (C=O) groups excluding carboxylic acids is 2. The molecule has 0 unspecified atom stereocenters. The summed E-state index contributed by atoms with van der Waals surface area (Å²) < 4.78 is 14.0. The topological polar surface area (TPSA) is 69.9 Å². The molecule has 0 bridgehead atoms. The summed E-state index contributed by atoms with van der Waals surface area (Å²) in [6, 6.07) is 10.5.